The molecular formula is C24H26F3N5O3. The maximum atomic E-state index is 13.6. The predicted molar refractivity (Wildman–Crippen MR) is 124 cm³/mol. The molecule has 1 aromatic carbocycles. The predicted octanol–water partition coefficient (Wildman–Crippen LogP) is 3.78. The number of hydrogen-bond acceptors (Lipinski definition) is 7. The number of likely N-dealkylation sites (N-methyl/N-ethyl adjacent to an activating group) is 1. The van der Waals surface area contributed by atoms with Crippen LogP contribution in [0.4, 0.5) is 19.1 Å². The van der Waals surface area contributed by atoms with E-state index in [9.17, 15) is 23.1 Å². The van der Waals surface area contributed by atoms with Crippen molar-refractivity contribution in [3.05, 3.63) is 53.6 Å². The lowest BCUT2D eigenvalue weighted by Gasteiger charge is -2.23. The molecule has 1 amide bonds. The van der Waals surface area contributed by atoms with Crippen molar-refractivity contribution < 1.29 is 27.8 Å². The number of halogens is 3. The molecule has 0 bridgehead atoms. The molecule has 2 heterocycles. The summed E-state index contributed by atoms with van der Waals surface area (Å²) in [5.74, 6) is -1.19. The Morgan fingerprint density at radius 1 is 1.14 bits per heavy atom. The lowest BCUT2D eigenvalue weighted by atomic mass is 9.99. The first-order valence-corrected chi connectivity index (χ1v) is 10.9. The van der Waals surface area contributed by atoms with Crippen LogP contribution in [0.25, 0.3) is 22.4 Å². The van der Waals surface area contributed by atoms with Gasteiger partial charge >= 0.3 is 0 Å². The van der Waals surface area contributed by atoms with E-state index in [0.29, 0.717) is 17.8 Å². The van der Waals surface area contributed by atoms with Crippen LogP contribution in [-0.4, -0.2) is 56.7 Å². The molecule has 11 heteroatoms. The van der Waals surface area contributed by atoms with Gasteiger partial charge in [0, 0.05) is 24.3 Å². The van der Waals surface area contributed by atoms with Crippen LogP contribution in [0.2, 0.25) is 0 Å². The van der Waals surface area contributed by atoms with E-state index in [0.717, 1.165) is 0 Å². The van der Waals surface area contributed by atoms with Gasteiger partial charge in [-0.25, -0.2) is 18.2 Å². The number of aromatic nitrogens is 3. The van der Waals surface area contributed by atoms with Crippen molar-refractivity contribution in [1.29, 1.82) is 0 Å². The molecule has 8 nitrogen and oxygen atoms in total. The van der Waals surface area contributed by atoms with Crippen LogP contribution >= 0.6 is 0 Å². The van der Waals surface area contributed by atoms with Gasteiger partial charge in [-0.2, -0.15) is 4.98 Å². The summed E-state index contributed by atoms with van der Waals surface area (Å²) < 4.78 is 46.3. The van der Waals surface area contributed by atoms with Gasteiger partial charge in [0.2, 0.25) is 11.8 Å². The summed E-state index contributed by atoms with van der Waals surface area (Å²) in [5.41, 5.74) is 6.87. The Bertz CT molecular complexity index is 1190. The molecule has 0 radical (unpaired) electrons. The molecule has 0 unspecified atom stereocenters. The Hall–Kier alpha value is -3.73. The number of carbonyl (C=O) groups excluding carboxylic acids is 1. The number of anilines is 1. The first kappa shape index (κ1) is 25.9. The van der Waals surface area contributed by atoms with Gasteiger partial charge in [-0.15, -0.1) is 0 Å². The minimum Gasteiger partial charge on any atom is -0.467 e. The smallest absolute Gasteiger partial charge is 0.280 e. The minimum atomic E-state index is -2.83. The number of carbonyl (C=O) groups is 1. The number of nitrogens with zero attached hydrogens (tertiary/aromatic N) is 4. The Labute approximate surface area is 200 Å². The maximum Gasteiger partial charge on any atom is 0.280 e. The Morgan fingerprint density at radius 3 is 2.43 bits per heavy atom. The summed E-state index contributed by atoms with van der Waals surface area (Å²) >= 11 is 0. The topological polar surface area (TPSA) is 114 Å². The molecule has 0 saturated carbocycles. The average Bonchev–Trinajstić information content (AvgIpc) is 2.80. The highest BCUT2D eigenvalue weighted by molar-refractivity contribution is 5.85. The fourth-order valence-corrected chi connectivity index (χ4v) is 3.54. The SMILES string of the molecule is CCN(C[C@@H](C)O)C(=O)COc1nc(N)nc(-c2ccc(F)cc2)c1-c1cc(C)nc(C(F)F)c1. The number of alkyl halides is 2. The number of benzene rings is 1. The third-order valence-corrected chi connectivity index (χ3v) is 5.05. The van der Waals surface area contributed by atoms with E-state index in [1.165, 1.54) is 35.2 Å². The summed E-state index contributed by atoms with van der Waals surface area (Å²) in [6.45, 7) is 4.88. The highest BCUT2D eigenvalue weighted by atomic mass is 19.3. The monoisotopic (exact) mass is 489 g/mol. The van der Waals surface area contributed by atoms with E-state index in [4.69, 9.17) is 10.5 Å². The van der Waals surface area contributed by atoms with E-state index < -0.39 is 36.6 Å². The van der Waals surface area contributed by atoms with Crippen LogP contribution in [0, 0.1) is 12.7 Å². The molecule has 1 atom stereocenters. The summed E-state index contributed by atoms with van der Waals surface area (Å²) in [5, 5.41) is 9.63. The number of amides is 1. The van der Waals surface area contributed by atoms with E-state index in [-0.39, 0.29) is 35.2 Å². The van der Waals surface area contributed by atoms with Gasteiger partial charge in [0.15, 0.2) is 6.61 Å². The molecule has 3 aromatic rings. The molecule has 35 heavy (non-hydrogen) atoms. The van der Waals surface area contributed by atoms with Crippen molar-refractivity contribution in [1.82, 2.24) is 19.9 Å². The molecule has 0 aliphatic rings. The number of ether oxygens (including phenoxy) is 1. The fourth-order valence-electron chi connectivity index (χ4n) is 3.54. The van der Waals surface area contributed by atoms with Crippen molar-refractivity contribution in [2.45, 2.75) is 33.3 Å². The van der Waals surface area contributed by atoms with Crippen molar-refractivity contribution in [2.75, 3.05) is 25.4 Å². The molecule has 2 aromatic heterocycles. The second kappa shape index (κ2) is 11.1. The van der Waals surface area contributed by atoms with Crippen LogP contribution in [0.1, 0.15) is 31.7 Å². The third kappa shape index (κ3) is 6.44. The third-order valence-electron chi connectivity index (χ3n) is 5.05. The average molecular weight is 489 g/mol. The number of nitrogen functional groups attached to an aromatic ring is 1. The van der Waals surface area contributed by atoms with Gasteiger partial charge < -0.3 is 20.5 Å². The van der Waals surface area contributed by atoms with E-state index in [2.05, 4.69) is 15.0 Å². The Balaban J connectivity index is 2.13. The summed E-state index contributed by atoms with van der Waals surface area (Å²) in [6, 6.07) is 8.09. The van der Waals surface area contributed by atoms with Crippen LogP contribution in [0.15, 0.2) is 36.4 Å². The highest BCUT2D eigenvalue weighted by Gasteiger charge is 2.23. The molecule has 0 aliphatic heterocycles. The molecule has 0 aliphatic carbocycles. The first-order chi connectivity index (χ1) is 16.6. The van der Waals surface area contributed by atoms with Crippen molar-refractivity contribution in [3.63, 3.8) is 0 Å². The lowest BCUT2D eigenvalue weighted by molar-refractivity contribution is -0.134. The highest BCUT2D eigenvalue weighted by Crippen LogP contribution is 2.39. The van der Waals surface area contributed by atoms with E-state index >= 15 is 0 Å². The molecule has 0 saturated heterocycles. The normalized spacial score (nSPS) is 12.0. The van der Waals surface area contributed by atoms with Crippen molar-refractivity contribution in [3.8, 4) is 28.3 Å². The number of aliphatic hydroxyl groups excluding tert-OH is 1. The zero-order chi connectivity index (χ0) is 25.7. The fraction of sp³-hybridized carbons (Fsp3) is 0.333. The van der Waals surface area contributed by atoms with Gasteiger partial charge in [0.25, 0.3) is 12.3 Å². The second-order valence-corrected chi connectivity index (χ2v) is 7.91. The Morgan fingerprint density at radius 2 is 1.83 bits per heavy atom. The summed E-state index contributed by atoms with van der Waals surface area (Å²) in [7, 11) is 0. The number of rotatable bonds is 9. The number of nitrogens with two attached hydrogens (primary N) is 1. The molecule has 0 fully saturated rings. The molecule has 3 rings (SSSR count). The van der Waals surface area contributed by atoms with Crippen LogP contribution in [0.5, 0.6) is 5.88 Å². The number of aliphatic hydroxyl groups is 1. The lowest BCUT2D eigenvalue weighted by Crippen LogP contribution is -2.39. The van der Waals surface area contributed by atoms with Gasteiger partial charge in [-0.1, -0.05) is 0 Å². The van der Waals surface area contributed by atoms with Gasteiger partial charge in [-0.3, -0.25) is 9.78 Å². The summed E-state index contributed by atoms with van der Waals surface area (Å²) in [4.78, 5) is 26.3. The molecular weight excluding hydrogens is 463 g/mol. The second-order valence-electron chi connectivity index (χ2n) is 7.91. The molecule has 186 valence electrons. The van der Waals surface area contributed by atoms with E-state index in [1.54, 1.807) is 26.8 Å². The molecule has 3 N–H and O–H groups in total. The Kier molecular flexibility index (Phi) is 8.23. The van der Waals surface area contributed by atoms with Crippen molar-refractivity contribution in [2.24, 2.45) is 0 Å². The number of pyridine rings is 1. The maximum absolute atomic E-state index is 13.6. The van der Waals surface area contributed by atoms with Crippen molar-refractivity contribution >= 4 is 11.9 Å². The van der Waals surface area contributed by atoms with Gasteiger partial charge in [-0.05, 0) is 62.7 Å². The zero-order valence-electron chi connectivity index (χ0n) is 19.5. The van der Waals surface area contributed by atoms with Gasteiger partial charge in [0.05, 0.1) is 17.4 Å². The van der Waals surface area contributed by atoms with E-state index in [1.807, 2.05) is 0 Å². The number of aryl methyl sites for hydroxylation is 1. The quantitative estimate of drug-likeness (QED) is 0.470. The minimum absolute atomic E-state index is 0.107. The van der Waals surface area contributed by atoms with Gasteiger partial charge in [0.1, 0.15) is 11.5 Å². The van der Waals surface area contributed by atoms with Crippen LogP contribution in [0.3, 0.4) is 0 Å². The zero-order valence-corrected chi connectivity index (χ0v) is 19.5. The molecule has 0 spiro atoms. The summed E-state index contributed by atoms with van der Waals surface area (Å²) in [6.07, 6.45) is -3.57. The first-order valence-electron chi connectivity index (χ1n) is 10.9. The standard InChI is InChI=1S/C24H26F3N5O3/c1-4-32(11-14(3)33)19(34)12-35-23-20(16-9-13(2)29-18(10-16)22(26)27)21(30-24(28)31-23)15-5-7-17(25)8-6-15/h5-10,14,22,33H,4,11-12H2,1-3H3,(H2,28,30,31)/t14-/m1/s1. The van der Waals surface area contributed by atoms with Crippen LogP contribution < -0.4 is 10.5 Å². The number of hydrogen-bond donors (Lipinski definition) is 2. The largest absolute Gasteiger partial charge is 0.467 e. The van der Waals surface area contributed by atoms with Crippen LogP contribution in [-0.2, 0) is 4.79 Å².